The molecule has 0 bridgehead atoms. The average Bonchev–Trinajstić information content (AvgIpc) is 3.63. The smallest absolute Gasteiger partial charge is 0.159 e. The third kappa shape index (κ3) is 3.95. The molecule has 0 fully saturated rings. The number of rotatable bonds is 7. The molecule has 0 aliphatic carbocycles. The van der Waals surface area contributed by atoms with Crippen LogP contribution in [-0.2, 0) is 0 Å². The highest BCUT2D eigenvalue weighted by Crippen LogP contribution is 2.33. The number of pyridine rings is 3. The molecule has 0 spiro atoms. The van der Waals surface area contributed by atoms with Crippen LogP contribution in [0.4, 0.5) is 5.69 Å². The molecule has 0 atom stereocenters. The summed E-state index contributed by atoms with van der Waals surface area (Å²) in [6.45, 7) is 6.21. The number of imidazole rings is 1. The van der Waals surface area contributed by atoms with E-state index in [0.29, 0.717) is 5.82 Å². The van der Waals surface area contributed by atoms with Crippen molar-refractivity contribution in [3.05, 3.63) is 72.2 Å². The molecule has 0 aromatic carbocycles. The van der Waals surface area contributed by atoms with E-state index >= 15 is 0 Å². The highest BCUT2D eigenvalue weighted by atomic mass is 32.1. The first-order chi connectivity index (χ1) is 17.2. The second kappa shape index (κ2) is 8.77. The fourth-order valence-electron chi connectivity index (χ4n) is 4.15. The van der Waals surface area contributed by atoms with Crippen LogP contribution in [0.1, 0.15) is 19.8 Å². The second-order valence-electron chi connectivity index (χ2n) is 8.31. The van der Waals surface area contributed by atoms with Gasteiger partial charge < -0.3 is 10.3 Å². The summed E-state index contributed by atoms with van der Waals surface area (Å²) in [5.74, 6) is 0.678. The summed E-state index contributed by atoms with van der Waals surface area (Å²) in [5.41, 5.74) is 8.96. The summed E-state index contributed by atoms with van der Waals surface area (Å²) in [6.07, 6.45) is 11.0. The summed E-state index contributed by atoms with van der Waals surface area (Å²) >= 11 is 1.65. The number of nitrogens with one attached hydrogen (secondary N) is 3. The number of aromatic nitrogens is 7. The average molecular weight is 479 g/mol. The van der Waals surface area contributed by atoms with Crippen molar-refractivity contribution in [2.75, 3.05) is 5.32 Å². The first kappa shape index (κ1) is 21.2. The van der Waals surface area contributed by atoms with E-state index in [1.54, 1.807) is 29.9 Å². The number of hydrogen-bond acceptors (Lipinski definition) is 7. The van der Waals surface area contributed by atoms with Gasteiger partial charge in [-0.1, -0.05) is 19.9 Å². The third-order valence-corrected chi connectivity index (χ3v) is 6.49. The van der Waals surface area contributed by atoms with Gasteiger partial charge in [-0.2, -0.15) is 16.4 Å². The summed E-state index contributed by atoms with van der Waals surface area (Å²) in [5, 5.41) is 16.0. The predicted octanol–water partition coefficient (Wildman–Crippen LogP) is 6.41. The van der Waals surface area contributed by atoms with Crippen LogP contribution < -0.4 is 5.32 Å². The number of thiophene rings is 1. The van der Waals surface area contributed by atoms with Crippen LogP contribution in [0.15, 0.2) is 72.2 Å². The maximum Gasteiger partial charge on any atom is 0.159 e. The van der Waals surface area contributed by atoms with Crippen molar-refractivity contribution in [3.8, 4) is 33.9 Å². The molecule has 8 nitrogen and oxygen atoms in total. The highest BCUT2D eigenvalue weighted by molar-refractivity contribution is 7.08. The molecular weight excluding hydrogens is 456 g/mol. The zero-order valence-electron chi connectivity index (χ0n) is 19.0. The van der Waals surface area contributed by atoms with E-state index in [1.807, 2.05) is 24.5 Å². The Kier molecular flexibility index (Phi) is 5.31. The lowest BCUT2D eigenvalue weighted by atomic mass is 10.1. The Bertz CT molecular complexity index is 1660. The van der Waals surface area contributed by atoms with E-state index < -0.39 is 0 Å². The van der Waals surface area contributed by atoms with Crippen LogP contribution in [0, 0.1) is 0 Å². The second-order valence-corrected chi connectivity index (χ2v) is 9.09. The van der Waals surface area contributed by atoms with E-state index in [-0.39, 0.29) is 0 Å². The van der Waals surface area contributed by atoms with Crippen LogP contribution in [0.2, 0.25) is 0 Å². The normalized spacial score (nSPS) is 11.3. The highest BCUT2D eigenvalue weighted by Gasteiger charge is 2.17. The van der Waals surface area contributed by atoms with Gasteiger partial charge in [-0.15, -0.1) is 0 Å². The summed E-state index contributed by atoms with van der Waals surface area (Å²) in [4.78, 5) is 21.7. The number of nitrogens with zero attached hydrogens (tertiary/aromatic N) is 5. The van der Waals surface area contributed by atoms with Crippen LogP contribution in [0.3, 0.4) is 0 Å². The van der Waals surface area contributed by atoms with E-state index in [9.17, 15) is 0 Å². The van der Waals surface area contributed by atoms with Gasteiger partial charge in [0.05, 0.1) is 41.0 Å². The van der Waals surface area contributed by atoms with Gasteiger partial charge in [0.1, 0.15) is 11.2 Å². The minimum absolute atomic E-state index is 0.678. The van der Waals surface area contributed by atoms with Crippen molar-refractivity contribution in [2.24, 2.45) is 0 Å². The number of aromatic amines is 2. The van der Waals surface area contributed by atoms with Gasteiger partial charge in [0.25, 0.3) is 0 Å². The van der Waals surface area contributed by atoms with Gasteiger partial charge in [0.15, 0.2) is 5.82 Å². The van der Waals surface area contributed by atoms with Crippen molar-refractivity contribution in [1.82, 2.24) is 35.1 Å². The molecule has 0 radical (unpaired) electrons. The monoisotopic (exact) mass is 478 g/mol. The van der Waals surface area contributed by atoms with Gasteiger partial charge in [-0.25, -0.2) is 4.98 Å². The molecule has 6 aromatic rings. The van der Waals surface area contributed by atoms with E-state index in [1.165, 1.54) is 0 Å². The first-order valence-electron chi connectivity index (χ1n) is 11.3. The number of hydrogen-bond donors (Lipinski definition) is 3. The number of allylic oxidation sites excluding steroid dienone is 1. The minimum Gasteiger partial charge on any atom is -0.358 e. The number of H-pyrrole nitrogens is 2. The Hall–Kier alpha value is -4.37. The molecule has 6 aromatic heterocycles. The Morgan fingerprint density at radius 2 is 1.97 bits per heavy atom. The Labute approximate surface area is 205 Å². The Balaban J connectivity index is 1.40. The van der Waals surface area contributed by atoms with Crippen molar-refractivity contribution in [1.29, 1.82) is 0 Å². The van der Waals surface area contributed by atoms with E-state index in [4.69, 9.17) is 4.98 Å². The fraction of sp³-hybridized carbons (Fsp3) is 0.115. The van der Waals surface area contributed by atoms with Crippen molar-refractivity contribution in [3.63, 3.8) is 0 Å². The molecule has 0 unspecified atom stereocenters. The molecular formula is C26H22N8S. The zero-order valence-corrected chi connectivity index (χ0v) is 19.9. The number of fused-ring (bicyclic) bond motifs is 2. The maximum absolute atomic E-state index is 4.90. The lowest BCUT2D eigenvalue weighted by Crippen LogP contribution is -1.98. The van der Waals surface area contributed by atoms with Gasteiger partial charge in [-0.3, -0.25) is 20.1 Å². The van der Waals surface area contributed by atoms with Crippen LogP contribution >= 0.6 is 11.3 Å². The summed E-state index contributed by atoms with van der Waals surface area (Å²) in [6, 6.07) is 6.12. The van der Waals surface area contributed by atoms with Crippen LogP contribution in [0.25, 0.3) is 55.8 Å². The molecule has 0 saturated carbocycles. The largest absolute Gasteiger partial charge is 0.358 e. The molecule has 6 rings (SSSR count). The van der Waals surface area contributed by atoms with Gasteiger partial charge in [0.2, 0.25) is 0 Å². The van der Waals surface area contributed by atoms with Crippen molar-refractivity contribution < 1.29 is 0 Å². The summed E-state index contributed by atoms with van der Waals surface area (Å²) < 4.78 is 0. The lowest BCUT2D eigenvalue weighted by molar-refractivity contribution is 0.913. The van der Waals surface area contributed by atoms with Crippen molar-refractivity contribution >= 4 is 39.0 Å². The van der Waals surface area contributed by atoms with Gasteiger partial charge in [0, 0.05) is 34.6 Å². The quantitative estimate of drug-likeness (QED) is 0.245. The molecule has 0 aliphatic rings. The van der Waals surface area contributed by atoms with Gasteiger partial charge in [-0.05, 0) is 40.9 Å². The lowest BCUT2D eigenvalue weighted by Gasteiger charge is -2.09. The molecule has 0 amide bonds. The van der Waals surface area contributed by atoms with Crippen LogP contribution in [-0.4, -0.2) is 35.1 Å². The van der Waals surface area contributed by atoms with Crippen LogP contribution in [0.5, 0.6) is 0 Å². The SMILES string of the molecule is C=C(CCC)Nc1cncc(-c2cc3c(-c4nc5c(-c6ccsc6)cncc5[nH]4)n[nH]c3cn2)c1. The van der Waals surface area contributed by atoms with Crippen molar-refractivity contribution in [2.45, 2.75) is 19.8 Å². The van der Waals surface area contributed by atoms with E-state index in [0.717, 1.165) is 74.2 Å². The van der Waals surface area contributed by atoms with E-state index in [2.05, 4.69) is 65.8 Å². The minimum atomic E-state index is 0.678. The molecule has 35 heavy (non-hydrogen) atoms. The standard InChI is InChI=1S/C26H22N8S/c1-3-4-15(2)30-18-7-17(9-27-10-18)21-8-19-22(13-29-21)33-34-25(19)26-31-23-12-28-11-20(24(23)32-26)16-5-6-35-14-16/h5-14,30H,2-4H2,1H3,(H,31,32)(H,33,34). The molecule has 172 valence electrons. The molecule has 0 saturated heterocycles. The Morgan fingerprint density at radius 3 is 2.83 bits per heavy atom. The molecule has 3 N–H and O–H groups in total. The first-order valence-corrected chi connectivity index (χ1v) is 12.2. The Morgan fingerprint density at radius 1 is 1.06 bits per heavy atom. The van der Waals surface area contributed by atoms with Gasteiger partial charge >= 0.3 is 0 Å². The third-order valence-electron chi connectivity index (χ3n) is 5.80. The topological polar surface area (TPSA) is 108 Å². The number of anilines is 1. The zero-order chi connectivity index (χ0) is 23.8. The molecule has 0 aliphatic heterocycles. The predicted molar refractivity (Wildman–Crippen MR) is 141 cm³/mol. The maximum atomic E-state index is 4.90. The summed E-state index contributed by atoms with van der Waals surface area (Å²) in [7, 11) is 0. The fourth-order valence-corrected chi connectivity index (χ4v) is 4.80. The molecule has 6 heterocycles. The molecule has 9 heteroatoms.